The number of carbonyl (C=O) groups excluding carboxylic acids is 3. The molecule has 4 rings (SSSR count). The van der Waals surface area contributed by atoms with Crippen LogP contribution < -0.4 is 15.5 Å². The standard InChI is InChI=1S/C19H23N3O4/c23-17(20-13-4-1-2-5-13)11-26-19(25)12-7-8-15-14(10-12)21-18(24)16-6-3-9-22(15)16/h7-8,10,13,16H,1-6,9,11H2,(H,20,23)(H,21,24)/t16-/m0/s1. The average Bonchev–Trinajstić information content (AvgIpc) is 3.31. The van der Waals surface area contributed by atoms with Crippen molar-refractivity contribution in [2.75, 3.05) is 23.4 Å². The third-order valence-electron chi connectivity index (χ3n) is 5.41. The fourth-order valence-electron chi connectivity index (χ4n) is 4.11. The quantitative estimate of drug-likeness (QED) is 0.803. The average molecular weight is 357 g/mol. The van der Waals surface area contributed by atoms with E-state index in [9.17, 15) is 14.4 Å². The van der Waals surface area contributed by atoms with Gasteiger partial charge in [0, 0.05) is 12.6 Å². The Morgan fingerprint density at radius 1 is 1.19 bits per heavy atom. The van der Waals surface area contributed by atoms with E-state index in [1.807, 2.05) is 6.07 Å². The zero-order valence-corrected chi connectivity index (χ0v) is 14.6. The number of esters is 1. The van der Waals surface area contributed by atoms with Gasteiger partial charge in [0.1, 0.15) is 6.04 Å². The molecular weight excluding hydrogens is 334 g/mol. The second kappa shape index (κ2) is 6.97. The number of amides is 2. The highest BCUT2D eigenvalue weighted by Gasteiger charge is 2.36. The van der Waals surface area contributed by atoms with Crippen molar-refractivity contribution in [2.24, 2.45) is 0 Å². The number of benzene rings is 1. The van der Waals surface area contributed by atoms with Gasteiger partial charge in [-0.2, -0.15) is 0 Å². The largest absolute Gasteiger partial charge is 0.452 e. The molecule has 2 aliphatic heterocycles. The lowest BCUT2D eigenvalue weighted by Gasteiger charge is -2.33. The number of ether oxygens (including phenoxy) is 1. The van der Waals surface area contributed by atoms with Crippen LogP contribution >= 0.6 is 0 Å². The van der Waals surface area contributed by atoms with Gasteiger partial charge in [-0.25, -0.2) is 4.79 Å². The molecule has 1 saturated carbocycles. The molecule has 0 spiro atoms. The molecule has 7 nitrogen and oxygen atoms in total. The van der Waals surface area contributed by atoms with Crippen molar-refractivity contribution >= 4 is 29.2 Å². The molecule has 1 aliphatic carbocycles. The number of rotatable bonds is 4. The van der Waals surface area contributed by atoms with Gasteiger partial charge < -0.3 is 20.3 Å². The molecular formula is C19H23N3O4. The Balaban J connectivity index is 1.38. The Morgan fingerprint density at radius 2 is 2.00 bits per heavy atom. The fraction of sp³-hybridized carbons (Fsp3) is 0.526. The minimum Gasteiger partial charge on any atom is -0.452 e. The molecule has 26 heavy (non-hydrogen) atoms. The molecule has 2 N–H and O–H groups in total. The summed E-state index contributed by atoms with van der Waals surface area (Å²) in [7, 11) is 0. The van der Waals surface area contributed by atoms with Gasteiger partial charge in [0.25, 0.3) is 5.91 Å². The van der Waals surface area contributed by atoms with Crippen LogP contribution in [0.15, 0.2) is 18.2 Å². The van der Waals surface area contributed by atoms with Crippen molar-refractivity contribution in [3.8, 4) is 0 Å². The number of anilines is 2. The Kier molecular flexibility index (Phi) is 4.53. The normalized spacial score (nSPS) is 21.8. The van der Waals surface area contributed by atoms with Gasteiger partial charge in [0.05, 0.1) is 16.9 Å². The van der Waals surface area contributed by atoms with Crippen LogP contribution in [-0.4, -0.2) is 43.0 Å². The molecule has 1 aromatic rings. The number of nitrogens with one attached hydrogen (secondary N) is 2. The summed E-state index contributed by atoms with van der Waals surface area (Å²) in [6, 6.07) is 5.23. The Hall–Kier alpha value is -2.57. The highest BCUT2D eigenvalue weighted by Crippen LogP contribution is 2.37. The molecule has 0 aromatic heterocycles. The van der Waals surface area contributed by atoms with Crippen molar-refractivity contribution in [3.05, 3.63) is 23.8 Å². The molecule has 1 aromatic carbocycles. The highest BCUT2D eigenvalue weighted by molar-refractivity contribution is 6.05. The van der Waals surface area contributed by atoms with E-state index < -0.39 is 5.97 Å². The van der Waals surface area contributed by atoms with Crippen LogP contribution in [0.4, 0.5) is 11.4 Å². The summed E-state index contributed by atoms with van der Waals surface area (Å²) in [5.74, 6) is -0.861. The van der Waals surface area contributed by atoms with E-state index in [0.29, 0.717) is 11.3 Å². The number of hydrogen-bond acceptors (Lipinski definition) is 5. The topological polar surface area (TPSA) is 87.7 Å². The first-order valence-electron chi connectivity index (χ1n) is 9.30. The Bertz CT molecular complexity index is 742. The first-order valence-corrected chi connectivity index (χ1v) is 9.30. The molecule has 138 valence electrons. The van der Waals surface area contributed by atoms with E-state index >= 15 is 0 Å². The predicted octanol–water partition coefficient (Wildman–Crippen LogP) is 1.82. The molecule has 0 bridgehead atoms. The van der Waals surface area contributed by atoms with Gasteiger partial charge >= 0.3 is 5.97 Å². The van der Waals surface area contributed by atoms with Crippen LogP contribution in [0, 0.1) is 0 Å². The van der Waals surface area contributed by atoms with Gasteiger partial charge in [-0.15, -0.1) is 0 Å². The molecule has 2 fully saturated rings. The molecule has 0 radical (unpaired) electrons. The van der Waals surface area contributed by atoms with E-state index in [1.54, 1.807) is 12.1 Å². The molecule has 7 heteroatoms. The molecule has 1 atom stereocenters. The number of hydrogen-bond donors (Lipinski definition) is 2. The Labute approximate surface area is 152 Å². The van der Waals surface area contributed by atoms with Crippen LogP contribution in [0.1, 0.15) is 48.9 Å². The molecule has 2 amide bonds. The molecule has 0 unspecified atom stereocenters. The smallest absolute Gasteiger partial charge is 0.338 e. The van der Waals surface area contributed by atoms with Gasteiger partial charge in [0.15, 0.2) is 6.61 Å². The van der Waals surface area contributed by atoms with Crippen molar-refractivity contribution in [1.82, 2.24) is 5.32 Å². The minimum atomic E-state index is -0.563. The van der Waals surface area contributed by atoms with E-state index in [4.69, 9.17) is 4.74 Å². The number of fused-ring (bicyclic) bond motifs is 3. The van der Waals surface area contributed by atoms with Gasteiger partial charge in [0.2, 0.25) is 5.91 Å². The van der Waals surface area contributed by atoms with Crippen LogP contribution in [0.25, 0.3) is 0 Å². The maximum atomic E-state index is 12.3. The van der Waals surface area contributed by atoms with Crippen molar-refractivity contribution < 1.29 is 19.1 Å². The van der Waals surface area contributed by atoms with E-state index in [0.717, 1.165) is 50.8 Å². The summed E-state index contributed by atoms with van der Waals surface area (Å²) in [5, 5.41) is 5.76. The van der Waals surface area contributed by atoms with E-state index in [1.165, 1.54) is 0 Å². The summed E-state index contributed by atoms with van der Waals surface area (Å²) < 4.78 is 5.13. The third kappa shape index (κ3) is 3.25. The summed E-state index contributed by atoms with van der Waals surface area (Å²) in [6.45, 7) is 0.559. The van der Waals surface area contributed by atoms with Gasteiger partial charge in [-0.05, 0) is 43.9 Å². The van der Waals surface area contributed by atoms with Crippen LogP contribution in [0.2, 0.25) is 0 Å². The lowest BCUT2D eigenvalue weighted by atomic mass is 10.1. The second-order valence-corrected chi connectivity index (χ2v) is 7.20. The fourth-order valence-corrected chi connectivity index (χ4v) is 4.11. The SMILES string of the molecule is O=C(COC(=O)c1ccc2c(c1)NC(=O)[C@@H]1CCCN21)NC1CCCC1. The zero-order chi connectivity index (χ0) is 18.1. The van der Waals surface area contributed by atoms with Crippen LogP contribution in [0.5, 0.6) is 0 Å². The van der Waals surface area contributed by atoms with Gasteiger partial charge in [-0.1, -0.05) is 12.8 Å². The summed E-state index contributed by atoms with van der Waals surface area (Å²) in [4.78, 5) is 38.4. The monoisotopic (exact) mass is 357 g/mol. The first kappa shape index (κ1) is 16.9. The first-order chi connectivity index (χ1) is 12.6. The Morgan fingerprint density at radius 3 is 2.81 bits per heavy atom. The molecule has 2 heterocycles. The predicted molar refractivity (Wildman–Crippen MR) is 96.1 cm³/mol. The molecule has 3 aliphatic rings. The summed E-state index contributed by atoms with van der Waals surface area (Å²) in [5.41, 5.74) is 1.89. The van der Waals surface area contributed by atoms with E-state index in [-0.39, 0.29) is 30.5 Å². The highest BCUT2D eigenvalue weighted by atomic mass is 16.5. The number of nitrogens with zero attached hydrogens (tertiary/aromatic N) is 1. The lowest BCUT2D eigenvalue weighted by Crippen LogP contribution is -2.43. The van der Waals surface area contributed by atoms with Crippen molar-refractivity contribution in [1.29, 1.82) is 0 Å². The zero-order valence-electron chi connectivity index (χ0n) is 14.6. The molecule has 1 saturated heterocycles. The van der Waals surface area contributed by atoms with E-state index in [2.05, 4.69) is 15.5 Å². The minimum absolute atomic E-state index is 0.0311. The maximum Gasteiger partial charge on any atom is 0.338 e. The second-order valence-electron chi connectivity index (χ2n) is 7.20. The lowest BCUT2D eigenvalue weighted by molar-refractivity contribution is -0.124. The van der Waals surface area contributed by atoms with Crippen molar-refractivity contribution in [3.63, 3.8) is 0 Å². The maximum absolute atomic E-state index is 12.3. The van der Waals surface area contributed by atoms with Crippen LogP contribution in [-0.2, 0) is 14.3 Å². The van der Waals surface area contributed by atoms with Crippen molar-refractivity contribution in [2.45, 2.75) is 50.6 Å². The summed E-state index contributed by atoms with van der Waals surface area (Å²) in [6.07, 6.45) is 6.07. The van der Waals surface area contributed by atoms with Crippen LogP contribution in [0.3, 0.4) is 0 Å². The number of carbonyl (C=O) groups is 3. The summed E-state index contributed by atoms with van der Waals surface area (Å²) >= 11 is 0. The third-order valence-corrected chi connectivity index (χ3v) is 5.41. The van der Waals surface area contributed by atoms with Gasteiger partial charge in [-0.3, -0.25) is 9.59 Å².